The molecule has 0 atom stereocenters. The first-order chi connectivity index (χ1) is 10.2. The predicted octanol–water partition coefficient (Wildman–Crippen LogP) is 0.717. The van der Waals surface area contributed by atoms with Crippen LogP contribution in [0.2, 0.25) is 0 Å². The second-order valence-corrected chi connectivity index (χ2v) is 5.02. The summed E-state index contributed by atoms with van der Waals surface area (Å²) in [6.45, 7) is 1.39. The van der Waals surface area contributed by atoms with Crippen LogP contribution in [-0.4, -0.2) is 34.2 Å². The molecule has 21 heavy (non-hydrogen) atoms. The molecule has 0 saturated heterocycles. The van der Waals surface area contributed by atoms with Crippen LogP contribution in [-0.2, 0) is 12.8 Å². The lowest BCUT2D eigenvalue weighted by atomic mass is 9.99. The topological polar surface area (TPSA) is 109 Å². The molecule has 0 spiro atoms. The number of aryl methyl sites for hydroxylation is 1. The molecule has 1 aliphatic rings. The van der Waals surface area contributed by atoms with Crippen molar-refractivity contribution in [1.29, 1.82) is 0 Å². The molecular weight excluding hydrogens is 268 g/mol. The Balaban J connectivity index is 1.63. The van der Waals surface area contributed by atoms with E-state index in [0.717, 1.165) is 25.1 Å². The molecule has 1 amide bonds. The van der Waals surface area contributed by atoms with E-state index in [1.165, 1.54) is 5.56 Å². The van der Waals surface area contributed by atoms with Crippen LogP contribution in [0, 0.1) is 0 Å². The fraction of sp³-hybridized carbons (Fsp3) is 0.357. The summed E-state index contributed by atoms with van der Waals surface area (Å²) in [5.41, 5.74) is 8.30. The number of nitrogens with one attached hydrogen (secondary N) is 3. The minimum atomic E-state index is -0.0752. The highest BCUT2D eigenvalue weighted by atomic mass is 16.1. The molecule has 0 saturated carbocycles. The first-order valence-corrected chi connectivity index (χ1v) is 7.05. The van der Waals surface area contributed by atoms with Crippen molar-refractivity contribution in [3.05, 3.63) is 35.2 Å². The lowest BCUT2D eigenvalue weighted by Crippen LogP contribution is -2.28. The molecule has 0 aliphatic carbocycles. The van der Waals surface area contributed by atoms with Gasteiger partial charge in [-0.25, -0.2) is 0 Å². The van der Waals surface area contributed by atoms with Crippen molar-refractivity contribution < 1.29 is 4.79 Å². The number of fused-ring (bicyclic) bond motifs is 1. The molecule has 0 bridgehead atoms. The SMILES string of the molecule is Nc1n[nH]c(CCNC(=O)c2cccc3c2NCCC3)n1. The Labute approximate surface area is 122 Å². The molecule has 3 rings (SSSR count). The average molecular weight is 286 g/mol. The van der Waals surface area contributed by atoms with Crippen molar-refractivity contribution in [2.24, 2.45) is 0 Å². The number of H-pyrrole nitrogens is 1. The predicted molar refractivity (Wildman–Crippen MR) is 80.1 cm³/mol. The maximum atomic E-state index is 12.3. The first-order valence-electron chi connectivity index (χ1n) is 7.05. The number of hydrogen-bond acceptors (Lipinski definition) is 5. The number of para-hydroxylation sites is 1. The van der Waals surface area contributed by atoms with E-state index in [9.17, 15) is 4.79 Å². The third-order valence-electron chi connectivity index (χ3n) is 3.52. The minimum Gasteiger partial charge on any atom is -0.384 e. The van der Waals surface area contributed by atoms with Gasteiger partial charge in [-0.3, -0.25) is 9.89 Å². The number of nitrogens with two attached hydrogens (primary N) is 1. The van der Waals surface area contributed by atoms with Crippen LogP contribution in [0.4, 0.5) is 11.6 Å². The molecule has 0 radical (unpaired) electrons. The van der Waals surface area contributed by atoms with Gasteiger partial charge in [0.05, 0.1) is 11.3 Å². The van der Waals surface area contributed by atoms with Crippen molar-refractivity contribution in [3.63, 3.8) is 0 Å². The van der Waals surface area contributed by atoms with Crippen LogP contribution in [0.25, 0.3) is 0 Å². The Morgan fingerprint density at radius 2 is 2.33 bits per heavy atom. The maximum Gasteiger partial charge on any atom is 0.253 e. The van der Waals surface area contributed by atoms with Gasteiger partial charge in [0.1, 0.15) is 5.82 Å². The van der Waals surface area contributed by atoms with Gasteiger partial charge in [0.2, 0.25) is 5.95 Å². The van der Waals surface area contributed by atoms with Gasteiger partial charge < -0.3 is 16.4 Å². The third-order valence-corrected chi connectivity index (χ3v) is 3.52. The third kappa shape index (κ3) is 2.96. The standard InChI is InChI=1S/C14H18N6O/c15-14-18-11(19-20-14)6-8-17-13(21)10-5-1-3-9-4-2-7-16-12(9)10/h1,3,5,16H,2,4,6-8H2,(H,17,21)(H3,15,18,19,20). The fourth-order valence-electron chi connectivity index (χ4n) is 2.51. The van der Waals surface area contributed by atoms with Crippen LogP contribution < -0.4 is 16.4 Å². The molecule has 110 valence electrons. The summed E-state index contributed by atoms with van der Waals surface area (Å²) in [4.78, 5) is 16.3. The highest BCUT2D eigenvalue weighted by Gasteiger charge is 2.16. The first kappa shape index (κ1) is 13.4. The number of carbonyl (C=O) groups excluding carboxylic acids is 1. The number of hydrogen-bond donors (Lipinski definition) is 4. The largest absolute Gasteiger partial charge is 0.384 e. The van der Waals surface area contributed by atoms with Crippen LogP contribution in [0.1, 0.15) is 28.2 Å². The monoisotopic (exact) mass is 286 g/mol. The van der Waals surface area contributed by atoms with E-state index in [2.05, 4.69) is 31.9 Å². The van der Waals surface area contributed by atoms with Gasteiger partial charge in [0.25, 0.3) is 5.91 Å². The zero-order valence-corrected chi connectivity index (χ0v) is 11.6. The number of benzene rings is 1. The fourth-order valence-corrected chi connectivity index (χ4v) is 2.51. The van der Waals surface area contributed by atoms with Crippen molar-refractivity contribution in [3.8, 4) is 0 Å². The zero-order valence-electron chi connectivity index (χ0n) is 11.6. The van der Waals surface area contributed by atoms with E-state index < -0.39 is 0 Å². The summed E-state index contributed by atoms with van der Waals surface area (Å²) < 4.78 is 0. The highest BCUT2D eigenvalue weighted by Crippen LogP contribution is 2.25. The molecule has 5 N–H and O–H groups in total. The minimum absolute atomic E-state index is 0.0752. The van der Waals surface area contributed by atoms with Gasteiger partial charge in [-0.05, 0) is 24.5 Å². The van der Waals surface area contributed by atoms with E-state index in [1.54, 1.807) is 0 Å². The van der Waals surface area contributed by atoms with Crippen molar-refractivity contribution in [2.75, 3.05) is 24.1 Å². The molecule has 1 aliphatic heterocycles. The van der Waals surface area contributed by atoms with E-state index in [0.29, 0.717) is 24.4 Å². The van der Waals surface area contributed by atoms with Gasteiger partial charge in [-0.15, -0.1) is 5.10 Å². The number of nitrogens with zero attached hydrogens (tertiary/aromatic N) is 2. The summed E-state index contributed by atoms with van der Waals surface area (Å²) in [7, 11) is 0. The Hall–Kier alpha value is -2.57. The Morgan fingerprint density at radius 3 is 3.14 bits per heavy atom. The summed E-state index contributed by atoms with van der Waals surface area (Å²) >= 11 is 0. The smallest absolute Gasteiger partial charge is 0.253 e. The molecule has 2 heterocycles. The number of amides is 1. The van der Waals surface area contributed by atoms with E-state index in [1.807, 2.05) is 12.1 Å². The Morgan fingerprint density at radius 1 is 1.43 bits per heavy atom. The van der Waals surface area contributed by atoms with Crippen molar-refractivity contribution in [1.82, 2.24) is 20.5 Å². The van der Waals surface area contributed by atoms with E-state index in [4.69, 9.17) is 5.73 Å². The summed E-state index contributed by atoms with van der Waals surface area (Å²) in [6.07, 6.45) is 2.68. The second-order valence-electron chi connectivity index (χ2n) is 5.02. The number of aromatic nitrogens is 3. The average Bonchev–Trinajstić information content (AvgIpc) is 2.92. The summed E-state index contributed by atoms with van der Waals surface area (Å²) in [6, 6.07) is 5.84. The molecule has 0 unspecified atom stereocenters. The van der Waals surface area contributed by atoms with Gasteiger partial charge in [-0.2, -0.15) is 4.98 Å². The molecular formula is C14H18N6O. The number of rotatable bonds is 4. The van der Waals surface area contributed by atoms with Crippen molar-refractivity contribution >= 4 is 17.5 Å². The van der Waals surface area contributed by atoms with Gasteiger partial charge in [0, 0.05) is 19.5 Å². The zero-order chi connectivity index (χ0) is 14.7. The lowest BCUT2D eigenvalue weighted by molar-refractivity contribution is 0.0954. The molecule has 7 nitrogen and oxygen atoms in total. The Kier molecular flexibility index (Phi) is 3.72. The summed E-state index contributed by atoms with van der Waals surface area (Å²) in [5, 5.41) is 12.7. The number of carbonyl (C=O) groups is 1. The lowest BCUT2D eigenvalue weighted by Gasteiger charge is -2.20. The van der Waals surface area contributed by atoms with Crippen molar-refractivity contribution in [2.45, 2.75) is 19.3 Å². The normalized spacial score (nSPS) is 13.3. The molecule has 0 fully saturated rings. The Bertz CT molecular complexity index is 651. The van der Waals surface area contributed by atoms with Gasteiger partial charge >= 0.3 is 0 Å². The van der Waals surface area contributed by atoms with E-state index >= 15 is 0 Å². The van der Waals surface area contributed by atoms with Crippen LogP contribution in [0.3, 0.4) is 0 Å². The molecule has 2 aromatic rings. The molecule has 1 aromatic carbocycles. The van der Waals surface area contributed by atoms with Gasteiger partial charge in [-0.1, -0.05) is 12.1 Å². The maximum absolute atomic E-state index is 12.3. The summed E-state index contributed by atoms with van der Waals surface area (Å²) in [5.74, 6) is 0.812. The van der Waals surface area contributed by atoms with Crippen LogP contribution in [0.5, 0.6) is 0 Å². The molecule has 1 aromatic heterocycles. The van der Waals surface area contributed by atoms with Crippen LogP contribution in [0.15, 0.2) is 18.2 Å². The van der Waals surface area contributed by atoms with Gasteiger partial charge in [0.15, 0.2) is 0 Å². The quantitative estimate of drug-likeness (QED) is 0.662. The highest BCUT2D eigenvalue weighted by molar-refractivity contribution is 6.00. The number of anilines is 2. The van der Waals surface area contributed by atoms with Crippen LogP contribution >= 0.6 is 0 Å². The second kappa shape index (κ2) is 5.82. The van der Waals surface area contributed by atoms with E-state index in [-0.39, 0.29) is 11.9 Å². The molecule has 7 heteroatoms. The number of nitrogen functional groups attached to an aromatic ring is 1. The number of aromatic amines is 1.